The summed E-state index contributed by atoms with van der Waals surface area (Å²) in [6.45, 7) is 2.66. The first-order valence-corrected chi connectivity index (χ1v) is 10.8. The van der Waals surface area contributed by atoms with E-state index in [4.69, 9.17) is 4.74 Å². The number of ether oxygens (including phenoxy) is 1. The van der Waals surface area contributed by atoms with Crippen LogP contribution >= 0.6 is 0 Å². The first kappa shape index (κ1) is 20.1. The molecular weight excluding hydrogens is 402 g/mol. The normalized spacial score (nSPS) is 19.2. The number of Topliss-reactive ketones (excluding diaryl/α,β-unsaturated/α-hetero) is 1. The Kier molecular flexibility index (Phi) is 5.02. The van der Waals surface area contributed by atoms with Crippen molar-refractivity contribution in [2.24, 2.45) is 0 Å². The highest BCUT2D eigenvalue weighted by Gasteiger charge is 2.46. The van der Waals surface area contributed by atoms with Gasteiger partial charge in [0.15, 0.2) is 0 Å². The van der Waals surface area contributed by atoms with Gasteiger partial charge in [0.1, 0.15) is 11.5 Å². The number of aryl methyl sites for hydroxylation is 1. The summed E-state index contributed by atoms with van der Waals surface area (Å²) in [6.07, 6.45) is 1.62. The van der Waals surface area contributed by atoms with Gasteiger partial charge in [0.05, 0.1) is 18.2 Å². The summed E-state index contributed by atoms with van der Waals surface area (Å²) >= 11 is 0. The van der Waals surface area contributed by atoms with E-state index in [2.05, 4.69) is 6.92 Å². The van der Waals surface area contributed by atoms with Crippen molar-refractivity contribution in [3.63, 3.8) is 0 Å². The predicted octanol–water partition coefficient (Wildman–Crippen LogP) is 4.81. The number of fused-ring (bicyclic) bond motifs is 1. The maximum Gasteiger partial charge on any atom is 0.300 e. The molecule has 0 aromatic heterocycles. The van der Waals surface area contributed by atoms with Gasteiger partial charge in [-0.2, -0.15) is 0 Å². The lowest BCUT2D eigenvalue weighted by atomic mass is 9.94. The second kappa shape index (κ2) is 8.00. The van der Waals surface area contributed by atoms with Crippen molar-refractivity contribution < 1.29 is 19.4 Å². The molecular formula is C27H23NO4. The van der Waals surface area contributed by atoms with Gasteiger partial charge in [-0.25, -0.2) is 0 Å². The minimum atomic E-state index is -0.715. The van der Waals surface area contributed by atoms with Crippen LogP contribution in [0.15, 0.2) is 78.4 Å². The van der Waals surface area contributed by atoms with Crippen molar-refractivity contribution in [1.82, 2.24) is 0 Å². The largest absolute Gasteiger partial charge is 0.507 e. The van der Waals surface area contributed by atoms with Crippen LogP contribution in [-0.4, -0.2) is 23.4 Å². The minimum Gasteiger partial charge on any atom is -0.507 e. The second-order valence-electron chi connectivity index (χ2n) is 8.02. The van der Waals surface area contributed by atoms with E-state index in [1.807, 2.05) is 60.7 Å². The summed E-state index contributed by atoms with van der Waals surface area (Å²) < 4.78 is 5.55. The van der Waals surface area contributed by atoms with E-state index in [-0.39, 0.29) is 11.3 Å². The Morgan fingerprint density at radius 2 is 1.78 bits per heavy atom. The molecule has 0 aliphatic carbocycles. The standard InChI is InChI=1S/C27H23NO4/c1-2-17-8-11-21(12-9-17)28-24(18-6-4-3-5-7-18)23(26(30)27(28)31)25(29)20-10-13-22-19(16-20)14-15-32-22/h3-13,16,24,29H,2,14-15H2,1H3/b25-23-. The zero-order valence-electron chi connectivity index (χ0n) is 17.7. The topological polar surface area (TPSA) is 66.8 Å². The van der Waals surface area contributed by atoms with Crippen LogP contribution in [0.2, 0.25) is 0 Å². The number of aliphatic hydroxyl groups excluding tert-OH is 1. The number of nitrogens with zero attached hydrogens (tertiary/aromatic N) is 1. The number of amides is 1. The van der Waals surface area contributed by atoms with Gasteiger partial charge in [-0.05, 0) is 53.4 Å². The Hall–Kier alpha value is -3.86. The first-order valence-electron chi connectivity index (χ1n) is 10.8. The van der Waals surface area contributed by atoms with Crippen molar-refractivity contribution in [3.8, 4) is 5.75 Å². The lowest BCUT2D eigenvalue weighted by Crippen LogP contribution is -2.29. The Bertz CT molecular complexity index is 1230. The monoisotopic (exact) mass is 425 g/mol. The van der Waals surface area contributed by atoms with Gasteiger partial charge in [-0.15, -0.1) is 0 Å². The van der Waals surface area contributed by atoms with Crippen LogP contribution in [0.1, 0.15) is 35.2 Å². The quantitative estimate of drug-likeness (QED) is 0.370. The van der Waals surface area contributed by atoms with Crippen LogP contribution in [0.25, 0.3) is 5.76 Å². The third-order valence-electron chi connectivity index (χ3n) is 6.15. The molecule has 1 saturated heterocycles. The SMILES string of the molecule is CCc1ccc(N2C(=O)C(=O)/C(=C(\O)c3ccc4c(c3)CCO4)C2c2ccccc2)cc1. The molecule has 5 heteroatoms. The van der Waals surface area contributed by atoms with Gasteiger partial charge in [-0.3, -0.25) is 14.5 Å². The molecule has 5 rings (SSSR count). The summed E-state index contributed by atoms with van der Waals surface area (Å²) in [5.41, 5.74) is 4.11. The molecule has 1 unspecified atom stereocenters. The highest BCUT2D eigenvalue weighted by atomic mass is 16.5. The summed E-state index contributed by atoms with van der Waals surface area (Å²) in [5, 5.41) is 11.3. The Morgan fingerprint density at radius 3 is 2.50 bits per heavy atom. The Morgan fingerprint density at radius 1 is 1.03 bits per heavy atom. The molecule has 1 N–H and O–H groups in total. The summed E-state index contributed by atoms with van der Waals surface area (Å²) in [4.78, 5) is 27.9. The lowest BCUT2D eigenvalue weighted by Gasteiger charge is -2.25. The predicted molar refractivity (Wildman–Crippen MR) is 123 cm³/mol. The number of carbonyl (C=O) groups is 2. The van der Waals surface area contributed by atoms with E-state index >= 15 is 0 Å². The van der Waals surface area contributed by atoms with Crippen LogP contribution in [0.5, 0.6) is 5.75 Å². The number of hydrogen-bond donors (Lipinski definition) is 1. The molecule has 0 saturated carbocycles. The Balaban J connectivity index is 1.67. The van der Waals surface area contributed by atoms with Crippen molar-refractivity contribution in [1.29, 1.82) is 0 Å². The highest BCUT2D eigenvalue weighted by Crippen LogP contribution is 2.42. The smallest absolute Gasteiger partial charge is 0.300 e. The molecule has 1 atom stereocenters. The third-order valence-corrected chi connectivity index (χ3v) is 6.15. The van der Waals surface area contributed by atoms with Gasteiger partial charge in [0.25, 0.3) is 11.7 Å². The summed E-state index contributed by atoms with van der Waals surface area (Å²) in [6, 6.07) is 21.6. The van der Waals surface area contributed by atoms with Crippen LogP contribution in [0.3, 0.4) is 0 Å². The first-order chi connectivity index (χ1) is 15.6. The summed E-state index contributed by atoms with van der Waals surface area (Å²) in [7, 11) is 0. The molecule has 3 aromatic rings. The zero-order valence-corrected chi connectivity index (χ0v) is 17.7. The van der Waals surface area contributed by atoms with Crippen LogP contribution in [0.4, 0.5) is 5.69 Å². The van der Waals surface area contributed by atoms with E-state index in [1.165, 1.54) is 4.90 Å². The average Bonchev–Trinajstić information content (AvgIpc) is 3.41. The molecule has 2 heterocycles. The number of rotatable bonds is 4. The van der Waals surface area contributed by atoms with Crippen LogP contribution in [-0.2, 0) is 22.4 Å². The molecule has 0 bridgehead atoms. The maximum atomic E-state index is 13.2. The second-order valence-corrected chi connectivity index (χ2v) is 8.02. The average molecular weight is 425 g/mol. The zero-order chi connectivity index (χ0) is 22.2. The molecule has 0 spiro atoms. The fourth-order valence-corrected chi connectivity index (χ4v) is 4.43. The van der Waals surface area contributed by atoms with E-state index < -0.39 is 17.7 Å². The third kappa shape index (κ3) is 3.26. The lowest BCUT2D eigenvalue weighted by molar-refractivity contribution is -0.132. The molecule has 160 valence electrons. The van der Waals surface area contributed by atoms with Gasteiger partial charge in [-0.1, -0.05) is 49.4 Å². The van der Waals surface area contributed by atoms with E-state index in [0.717, 1.165) is 35.3 Å². The van der Waals surface area contributed by atoms with Gasteiger partial charge >= 0.3 is 0 Å². The van der Waals surface area contributed by atoms with Gasteiger partial charge in [0.2, 0.25) is 0 Å². The van der Waals surface area contributed by atoms with Crippen molar-refractivity contribution >= 4 is 23.1 Å². The number of hydrogen-bond acceptors (Lipinski definition) is 4. The molecule has 5 nitrogen and oxygen atoms in total. The number of benzene rings is 3. The van der Waals surface area contributed by atoms with Crippen molar-refractivity contribution in [3.05, 3.63) is 101 Å². The number of carbonyl (C=O) groups excluding carboxylic acids is 2. The van der Waals surface area contributed by atoms with Crippen LogP contribution in [0, 0.1) is 0 Å². The highest BCUT2D eigenvalue weighted by molar-refractivity contribution is 6.51. The van der Waals surface area contributed by atoms with Gasteiger partial charge < -0.3 is 9.84 Å². The molecule has 3 aromatic carbocycles. The van der Waals surface area contributed by atoms with E-state index in [0.29, 0.717) is 17.9 Å². The van der Waals surface area contributed by atoms with Gasteiger partial charge in [0, 0.05) is 17.7 Å². The van der Waals surface area contributed by atoms with E-state index in [9.17, 15) is 14.7 Å². The number of ketones is 1. The van der Waals surface area contributed by atoms with E-state index in [1.54, 1.807) is 12.1 Å². The number of aliphatic hydroxyl groups is 1. The minimum absolute atomic E-state index is 0.0969. The fourth-order valence-electron chi connectivity index (χ4n) is 4.43. The molecule has 2 aliphatic rings. The summed E-state index contributed by atoms with van der Waals surface area (Å²) in [5.74, 6) is -0.709. The molecule has 0 radical (unpaired) electrons. The molecule has 2 aliphatic heterocycles. The Labute approximate surface area is 186 Å². The van der Waals surface area contributed by atoms with Crippen LogP contribution < -0.4 is 9.64 Å². The fraction of sp³-hybridized carbons (Fsp3) is 0.185. The molecule has 1 fully saturated rings. The van der Waals surface area contributed by atoms with Crippen molar-refractivity contribution in [2.45, 2.75) is 25.8 Å². The van der Waals surface area contributed by atoms with Crippen molar-refractivity contribution in [2.75, 3.05) is 11.5 Å². The molecule has 1 amide bonds. The number of anilines is 1. The molecule has 32 heavy (non-hydrogen) atoms. The maximum absolute atomic E-state index is 13.2.